The number of benzene rings is 1. The Morgan fingerprint density at radius 3 is 2.93 bits per heavy atom. The van der Waals surface area contributed by atoms with Crippen molar-refractivity contribution in [3.63, 3.8) is 0 Å². The minimum Gasteiger partial charge on any atom is -0.485 e. The summed E-state index contributed by atoms with van der Waals surface area (Å²) in [4.78, 5) is 21.4. The number of hydrogen-bond donors (Lipinski definition) is 2. The minimum atomic E-state index is -0.505. The molecular formula is C19H17FN4O2S. The van der Waals surface area contributed by atoms with E-state index < -0.39 is 5.82 Å². The van der Waals surface area contributed by atoms with E-state index in [1.807, 2.05) is 18.2 Å². The van der Waals surface area contributed by atoms with E-state index in [-0.39, 0.29) is 24.3 Å². The molecule has 4 rings (SSSR count). The Morgan fingerprint density at radius 1 is 1.26 bits per heavy atom. The van der Waals surface area contributed by atoms with Crippen molar-refractivity contribution in [1.82, 2.24) is 15.3 Å². The summed E-state index contributed by atoms with van der Waals surface area (Å²) in [6.45, 7) is 0.159. The van der Waals surface area contributed by atoms with Gasteiger partial charge >= 0.3 is 0 Å². The number of carbonyl (C=O) groups excluding carboxylic acids is 1. The van der Waals surface area contributed by atoms with Gasteiger partial charge in [0.25, 0.3) is 5.91 Å². The number of carbonyl (C=O) groups is 1. The lowest BCUT2D eigenvalue weighted by molar-refractivity contribution is 0.0950. The fourth-order valence-electron chi connectivity index (χ4n) is 2.38. The molecule has 0 unspecified atom stereocenters. The number of nitrogens with zero attached hydrogens (tertiary/aromatic N) is 2. The van der Waals surface area contributed by atoms with E-state index in [2.05, 4.69) is 20.6 Å². The highest BCUT2D eigenvalue weighted by Crippen LogP contribution is 2.25. The number of nitrogens with one attached hydrogen (secondary N) is 2. The molecule has 0 aliphatic heterocycles. The second kappa shape index (κ2) is 7.71. The predicted octanol–water partition coefficient (Wildman–Crippen LogP) is 3.89. The highest BCUT2D eigenvalue weighted by atomic mass is 32.1. The van der Waals surface area contributed by atoms with E-state index in [1.165, 1.54) is 29.5 Å². The van der Waals surface area contributed by atoms with Crippen LogP contribution in [0.15, 0.2) is 48.8 Å². The fraction of sp³-hybridized carbons (Fsp3) is 0.211. The van der Waals surface area contributed by atoms with E-state index in [1.54, 1.807) is 12.4 Å². The van der Waals surface area contributed by atoms with Gasteiger partial charge in [-0.1, -0.05) is 17.4 Å². The normalized spacial score (nSPS) is 13.2. The van der Waals surface area contributed by atoms with Crippen molar-refractivity contribution in [3.8, 4) is 5.75 Å². The first-order valence-electron chi connectivity index (χ1n) is 8.53. The third-order valence-electron chi connectivity index (χ3n) is 3.93. The van der Waals surface area contributed by atoms with E-state index in [9.17, 15) is 9.18 Å². The molecule has 0 saturated heterocycles. The Bertz CT molecular complexity index is 944. The van der Waals surface area contributed by atoms with Gasteiger partial charge in [-0.2, -0.15) is 0 Å². The van der Waals surface area contributed by atoms with Crippen LogP contribution < -0.4 is 15.4 Å². The van der Waals surface area contributed by atoms with Gasteiger partial charge in [0.15, 0.2) is 16.7 Å². The van der Waals surface area contributed by atoms with Gasteiger partial charge in [-0.3, -0.25) is 4.79 Å². The number of anilines is 2. The standard InChI is InChI=1S/C19H17FN4O2S/c20-15-7-4-12(18(25)23-13-5-6-13)9-16(15)26-11-14-10-22-19(27-14)24-17-3-1-2-8-21-17/h1-4,7-10,13H,5-6,11H2,(H,23,25)(H,21,22,24). The molecule has 0 atom stereocenters. The first-order chi connectivity index (χ1) is 13.2. The van der Waals surface area contributed by atoms with Gasteiger partial charge in [0.05, 0.1) is 4.88 Å². The molecule has 2 aromatic heterocycles. The number of hydrogen-bond acceptors (Lipinski definition) is 6. The lowest BCUT2D eigenvalue weighted by Crippen LogP contribution is -2.25. The molecule has 27 heavy (non-hydrogen) atoms. The van der Waals surface area contributed by atoms with Gasteiger partial charge in [0, 0.05) is 24.0 Å². The third-order valence-corrected chi connectivity index (χ3v) is 4.82. The SMILES string of the molecule is O=C(NC1CC1)c1ccc(F)c(OCc2cnc(Nc3ccccn3)s2)c1. The van der Waals surface area contributed by atoms with Gasteiger partial charge in [-0.05, 0) is 43.2 Å². The summed E-state index contributed by atoms with van der Waals surface area (Å²) in [5.41, 5.74) is 0.389. The zero-order valence-corrected chi connectivity index (χ0v) is 15.1. The molecule has 1 fully saturated rings. The molecule has 1 amide bonds. The molecule has 138 valence electrons. The third kappa shape index (κ3) is 4.59. The number of ether oxygens (including phenoxy) is 1. The number of halogens is 1. The highest BCUT2D eigenvalue weighted by molar-refractivity contribution is 7.15. The zero-order chi connectivity index (χ0) is 18.6. The molecule has 1 saturated carbocycles. The topological polar surface area (TPSA) is 76.1 Å². The number of pyridine rings is 1. The van der Waals surface area contributed by atoms with Crippen molar-refractivity contribution in [2.45, 2.75) is 25.5 Å². The highest BCUT2D eigenvalue weighted by Gasteiger charge is 2.24. The van der Waals surface area contributed by atoms with Crippen LogP contribution in [-0.4, -0.2) is 21.9 Å². The molecule has 2 heterocycles. The van der Waals surface area contributed by atoms with Crippen LogP contribution in [0.1, 0.15) is 28.1 Å². The van der Waals surface area contributed by atoms with Crippen molar-refractivity contribution in [1.29, 1.82) is 0 Å². The van der Waals surface area contributed by atoms with Crippen LogP contribution in [0, 0.1) is 5.82 Å². The monoisotopic (exact) mass is 384 g/mol. The summed E-state index contributed by atoms with van der Waals surface area (Å²) >= 11 is 1.39. The van der Waals surface area contributed by atoms with Gasteiger partial charge < -0.3 is 15.4 Å². The molecule has 6 nitrogen and oxygen atoms in total. The molecule has 0 spiro atoms. The van der Waals surface area contributed by atoms with Gasteiger partial charge in [-0.25, -0.2) is 14.4 Å². The molecule has 2 N–H and O–H groups in total. The number of amides is 1. The van der Waals surface area contributed by atoms with Crippen LogP contribution in [0.2, 0.25) is 0 Å². The van der Waals surface area contributed by atoms with E-state index in [4.69, 9.17) is 4.74 Å². The summed E-state index contributed by atoms with van der Waals surface area (Å²) in [5, 5.41) is 6.65. The molecule has 1 aromatic carbocycles. The smallest absolute Gasteiger partial charge is 0.251 e. The Labute approximate surface area is 159 Å². The summed E-state index contributed by atoms with van der Waals surface area (Å²) in [7, 11) is 0. The predicted molar refractivity (Wildman–Crippen MR) is 101 cm³/mol. The van der Waals surface area contributed by atoms with E-state index in [0.29, 0.717) is 16.5 Å². The van der Waals surface area contributed by atoms with Crippen LogP contribution in [0.3, 0.4) is 0 Å². The first-order valence-corrected chi connectivity index (χ1v) is 9.35. The Hall–Kier alpha value is -3.00. The summed E-state index contributed by atoms with van der Waals surface area (Å²) < 4.78 is 19.6. The second-order valence-electron chi connectivity index (χ2n) is 6.15. The molecular weight excluding hydrogens is 367 g/mol. The molecule has 8 heteroatoms. The van der Waals surface area contributed by atoms with Crippen molar-refractivity contribution in [2.24, 2.45) is 0 Å². The minimum absolute atomic E-state index is 0.0473. The lowest BCUT2D eigenvalue weighted by Gasteiger charge is -2.08. The summed E-state index contributed by atoms with van der Waals surface area (Å²) in [6, 6.07) is 9.93. The fourth-order valence-corrected chi connectivity index (χ4v) is 3.11. The van der Waals surface area contributed by atoms with Crippen LogP contribution in [0.25, 0.3) is 0 Å². The van der Waals surface area contributed by atoms with Crippen LogP contribution >= 0.6 is 11.3 Å². The van der Waals surface area contributed by atoms with Crippen molar-refractivity contribution >= 4 is 28.2 Å². The van der Waals surface area contributed by atoms with Crippen molar-refractivity contribution < 1.29 is 13.9 Å². The largest absolute Gasteiger partial charge is 0.485 e. The summed E-state index contributed by atoms with van der Waals surface area (Å²) in [5.74, 6) is 0.0298. The lowest BCUT2D eigenvalue weighted by atomic mass is 10.2. The van der Waals surface area contributed by atoms with Crippen LogP contribution in [0.4, 0.5) is 15.3 Å². The number of rotatable bonds is 7. The maximum absolute atomic E-state index is 14.0. The quantitative estimate of drug-likeness (QED) is 0.646. The molecule has 1 aliphatic rings. The number of aromatic nitrogens is 2. The van der Waals surface area contributed by atoms with E-state index >= 15 is 0 Å². The Balaban J connectivity index is 1.39. The second-order valence-corrected chi connectivity index (χ2v) is 7.27. The first kappa shape index (κ1) is 17.4. The zero-order valence-electron chi connectivity index (χ0n) is 14.3. The maximum Gasteiger partial charge on any atom is 0.251 e. The van der Waals surface area contributed by atoms with Crippen molar-refractivity contribution in [2.75, 3.05) is 5.32 Å². The molecule has 0 bridgehead atoms. The average Bonchev–Trinajstić information content (AvgIpc) is 3.38. The Morgan fingerprint density at radius 2 is 2.15 bits per heavy atom. The Kier molecular flexibility index (Phi) is 4.97. The van der Waals surface area contributed by atoms with Gasteiger partial charge in [0.2, 0.25) is 0 Å². The van der Waals surface area contributed by atoms with Gasteiger partial charge in [0.1, 0.15) is 12.4 Å². The van der Waals surface area contributed by atoms with Crippen LogP contribution in [-0.2, 0) is 6.61 Å². The number of thiazole rings is 1. The maximum atomic E-state index is 14.0. The molecule has 3 aromatic rings. The average molecular weight is 384 g/mol. The van der Waals surface area contributed by atoms with Crippen molar-refractivity contribution in [3.05, 3.63) is 65.0 Å². The van der Waals surface area contributed by atoms with E-state index in [0.717, 1.165) is 17.7 Å². The van der Waals surface area contributed by atoms with Gasteiger partial charge in [-0.15, -0.1) is 0 Å². The summed E-state index contributed by atoms with van der Waals surface area (Å²) in [6.07, 6.45) is 5.35. The molecule has 1 aliphatic carbocycles. The molecule has 0 radical (unpaired) electrons. The van der Waals surface area contributed by atoms with Crippen LogP contribution in [0.5, 0.6) is 5.75 Å².